The van der Waals surface area contributed by atoms with Crippen molar-refractivity contribution in [2.45, 2.75) is 26.2 Å². The Labute approximate surface area is 239 Å². The van der Waals surface area contributed by atoms with E-state index in [2.05, 4.69) is 25.3 Å². The van der Waals surface area contributed by atoms with E-state index < -0.39 is 34.9 Å². The van der Waals surface area contributed by atoms with Gasteiger partial charge < -0.3 is 9.64 Å². The van der Waals surface area contributed by atoms with Crippen molar-refractivity contribution in [3.05, 3.63) is 80.6 Å². The van der Waals surface area contributed by atoms with Crippen molar-refractivity contribution < 1.29 is 27.5 Å². The summed E-state index contributed by atoms with van der Waals surface area (Å²) in [7, 11) is 1.47. The maximum Gasteiger partial charge on any atom is 0.434 e. The lowest BCUT2D eigenvalue weighted by molar-refractivity contribution is -0.141. The molecule has 5 heterocycles. The average Bonchev–Trinajstić information content (AvgIpc) is 3.50. The van der Waals surface area contributed by atoms with Crippen molar-refractivity contribution in [2.24, 2.45) is 0 Å². The molecule has 0 saturated heterocycles. The summed E-state index contributed by atoms with van der Waals surface area (Å²) >= 11 is 7.23. The summed E-state index contributed by atoms with van der Waals surface area (Å²) in [6.45, 7) is 1.85. The van der Waals surface area contributed by atoms with Crippen LogP contribution in [0.3, 0.4) is 0 Å². The number of ether oxygens (including phenoxy) is 1. The largest absolute Gasteiger partial charge is 0.494 e. The molecule has 0 radical (unpaired) electrons. The molecular formula is C26H17ClF3N7O3S. The second kappa shape index (κ2) is 10.8. The maximum absolute atomic E-state index is 13.3. The highest BCUT2D eigenvalue weighted by atomic mass is 35.5. The number of alkyl halides is 3. The molecule has 0 fully saturated rings. The van der Waals surface area contributed by atoms with Crippen LogP contribution in [-0.2, 0) is 19.3 Å². The van der Waals surface area contributed by atoms with Crippen LogP contribution < -0.4 is 10.1 Å². The van der Waals surface area contributed by atoms with Crippen molar-refractivity contribution in [3.8, 4) is 22.9 Å². The number of halogens is 4. The standard InChI is InChI=1S/C26H17ClF3N7O3S/c1-12-5-14(15-6-21(27)33-9-19(15)40-2)16(8-32-12)23(38)36-25-35-18-10-37(11-20(18)41-25)24(39)17-4-3-13(7-31)22(34-17)26(28,29)30/h3-6,8-9H,10-11H2,1-2H3,(H,35,36,38). The van der Waals surface area contributed by atoms with Gasteiger partial charge in [0.05, 0.1) is 48.1 Å². The van der Waals surface area contributed by atoms with Gasteiger partial charge in [-0.1, -0.05) is 22.9 Å². The molecule has 2 amide bonds. The zero-order valence-electron chi connectivity index (χ0n) is 21.2. The summed E-state index contributed by atoms with van der Waals surface area (Å²) in [5.74, 6) is -0.827. The number of hydrogen-bond donors (Lipinski definition) is 1. The van der Waals surface area contributed by atoms with Crippen molar-refractivity contribution in [1.82, 2.24) is 24.8 Å². The van der Waals surface area contributed by atoms with Gasteiger partial charge >= 0.3 is 6.18 Å². The van der Waals surface area contributed by atoms with Gasteiger partial charge in [-0.3, -0.25) is 19.9 Å². The van der Waals surface area contributed by atoms with Crippen LogP contribution in [0.25, 0.3) is 11.1 Å². The summed E-state index contributed by atoms with van der Waals surface area (Å²) < 4.78 is 45.3. The second-order valence-corrected chi connectivity index (χ2v) is 10.3. The number of amides is 2. The Morgan fingerprint density at radius 1 is 1.15 bits per heavy atom. The zero-order chi connectivity index (χ0) is 29.5. The molecule has 0 unspecified atom stereocenters. The summed E-state index contributed by atoms with van der Waals surface area (Å²) in [6.07, 6.45) is -2.01. The van der Waals surface area contributed by atoms with Crippen LogP contribution in [0.4, 0.5) is 18.3 Å². The number of fused-ring (bicyclic) bond motifs is 1. The Balaban J connectivity index is 1.34. The zero-order valence-corrected chi connectivity index (χ0v) is 22.8. The van der Waals surface area contributed by atoms with Crippen LogP contribution in [0.1, 0.15) is 48.4 Å². The number of nitrogens with one attached hydrogen (secondary N) is 1. The Morgan fingerprint density at radius 3 is 2.61 bits per heavy atom. The molecular weight excluding hydrogens is 583 g/mol. The van der Waals surface area contributed by atoms with Crippen LogP contribution in [0.5, 0.6) is 5.75 Å². The van der Waals surface area contributed by atoms with Gasteiger partial charge in [0, 0.05) is 23.0 Å². The lowest BCUT2D eigenvalue weighted by Crippen LogP contribution is -2.27. The maximum atomic E-state index is 13.3. The molecule has 10 nitrogen and oxygen atoms in total. The quantitative estimate of drug-likeness (QED) is 0.307. The molecule has 5 rings (SSSR count). The fourth-order valence-electron chi connectivity index (χ4n) is 4.20. The SMILES string of the molecule is COc1cnc(Cl)cc1-c1cc(C)ncc1C(=O)Nc1nc2c(s1)CN(C(=O)c1ccc(C#N)c(C(F)(F)F)n1)C2. The Bertz CT molecular complexity index is 1730. The molecule has 1 aliphatic rings. The van der Waals surface area contributed by atoms with E-state index in [0.29, 0.717) is 33.1 Å². The molecule has 0 atom stereocenters. The normalized spacial score (nSPS) is 12.6. The van der Waals surface area contributed by atoms with E-state index >= 15 is 0 Å². The van der Waals surface area contributed by atoms with Crippen molar-refractivity contribution in [2.75, 3.05) is 12.4 Å². The van der Waals surface area contributed by atoms with Crippen LogP contribution >= 0.6 is 22.9 Å². The molecule has 15 heteroatoms. The molecule has 4 aromatic rings. The monoisotopic (exact) mass is 599 g/mol. The lowest BCUT2D eigenvalue weighted by Gasteiger charge is -2.16. The molecule has 41 heavy (non-hydrogen) atoms. The number of thiazole rings is 1. The van der Waals surface area contributed by atoms with Gasteiger partial charge in [0.2, 0.25) is 0 Å². The second-order valence-electron chi connectivity index (χ2n) is 8.79. The number of rotatable bonds is 5. The van der Waals surface area contributed by atoms with Gasteiger partial charge in [0.15, 0.2) is 10.8 Å². The number of pyridine rings is 3. The first kappa shape index (κ1) is 27.9. The molecule has 0 aliphatic carbocycles. The first-order chi connectivity index (χ1) is 19.5. The summed E-state index contributed by atoms with van der Waals surface area (Å²) in [5, 5.41) is 12.2. The highest BCUT2D eigenvalue weighted by Gasteiger charge is 2.37. The van der Waals surface area contributed by atoms with Crippen molar-refractivity contribution in [3.63, 3.8) is 0 Å². The lowest BCUT2D eigenvalue weighted by atomic mass is 10.0. The Morgan fingerprint density at radius 2 is 1.93 bits per heavy atom. The molecule has 4 aromatic heterocycles. The molecule has 0 spiro atoms. The van der Waals surface area contributed by atoms with Gasteiger partial charge in [-0.05, 0) is 31.2 Å². The van der Waals surface area contributed by atoms with Crippen LogP contribution in [-0.4, -0.2) is 43.8 Å². The molecule has 208 valence electrons. The predicted octanol–water partition coefficient (Wildman–Crippen LogP) is 5.26. The fourth-order valence-corrected chi connectivity index (χ4v) is 5.34. The average molecular weight is 600 g/mol. The van der Waals surface area contributed by atoms with Gasteiger partial charge in [-0.25, -0.2) is 15.0 Å². The van der Waals surface area contributed by atoms with E-state index in [0.717, 1.165) is 23.5 Å². The summed E-state index contributed by atoms with van der Waals surface area (Å²) in [5.41, 5.74) is -0.0821. The molecule has 0 aromatic carbocycles. The number of anilines is 1. The van der Waals surface area contributed by atoms with E-state index in [1.807, 2.05) is 0 Å². The van der Waals surface area contributed by atoms with E-state index in [1.165, 1.54) is 30.5 Å². The third kappa shape index (κ3) is 5.54. The minimum atomic E-state index is -4.89. The summed E-state index contributed by atoms with van der Waals surface area (Å²) in [6, 6.07) is 6.74. The predicted molar refractivity (Wildman–Crippen MR) is 141 cm³/mol. The van der Waals surface area contributed by atoms with E-state index in [9.17, 15) is 22.8 Å². The highest BCUT2D eigenvalue weighted by molar-refractivity contribution is 7.16. The number of carbonyl (C=O) groups is 2. The first-order valence-electron chi connectivity index (χ1n) is 11.7. The van der Waals surface area contributed by atoms with Gasteiger partial charge in [-0.2, -0.15) is 18.4 Å². The van der Waals surface area contributed by atoms with E-state index in [1.54, 1.807) is 19.1 Å². The van der Waals surface area contributed by atoms with E-state index in [4.69, 9.17) is 21.6 Å². The summed E-state index contributed by atoms with van der Waals surface area (Å²) in [4.78, 5) is 44.2. The number of hydrogen-bond acceptors (Lipinski definition) is 9. The third-order valence-electron chi connectivity index (χ3n) is 6.09. The van der Waals surface area contributed by atoms with Gasteiger partial charge in [0.25, 0.3) is 11.8 Å². The van der Waals surface area contributed by atoms with Crippen molar-refractivity contribution in [1.29, 1.82) is 5.26 Å². The Kier molecular flexibility index (Phi) is 7.33. The molecule has 1 N–H and O–H groups in total. The van der Waals surface area contributed by atoms with Crippen LogP contribution in [0.2, 0.25) is 5.15 Å². The van der Waals surface area contributed by atoms with Gasteiger partial charge in [0.1, 0.15) is 22.7 Å². The Hall–Kier alpha value is -4.61. The molecule has 0 bridgehead atoms. The van der Waals surface area contributed by atoms with Crippen molar-refractivity contribution >= 4 is 39.9 Å². The third-order valence-corrected chi connectivity index (χ3v) is 7.30. The topological polar surface area (TPSA) is 134 Å². The molecule has 0 saturated carbocycles. The van der Waals surface area contributed by atoms with E-state index in [-0.39, 0.29) is 28.9 Å². The van der Waals surface area contributed by atoms with Crippen LogP contribution in [0, 0.1) is 18.3 Å². The fraction of sp³-hybridized carbons (Fsp3) is 0.192. The number of aromatic nitrogens is 4. The minimum Gasteiger partial charge on any atom is -0.494 e. The number of nitriles is 1. The number of carbonyl (C=O) groups excluding carboxylic acids is 2. The number of aryl methyl sites for hydroxylation is 1. The van der Waals surface area contributed by atoms with Gasteiger partial charge in [-0.15, -0.1) is 0 Å². The number of nitrogens with zero attached hydrogens (tertiary/aromatic N) is 6. The number of methoxy groups -OCH3 is 1. The smallest absolute Gasteiger partial charge is 0.434 e. The van der Waals surface area contributed by atoms with Crippen LogP contribution in [0.15, 0.2) is 36.7 Å². The molecule has 1 aliphatic heterocycles. The first-order valence-corrected chi connectivity index (χ1v) is 12.9. The minimum absolute atomic E-state index is 0.00756. The highest BCUT2D eigenvalue weighted by Crippen LogP contribution is 2.36.